The first-order valence-corrected chi connectivity index (χ1v) is 9.24. The summed E-state index contributed by atoms with van der Waals surface area (Å²) >= 11 is 0.865. The molecular weight excluding hydrogens is 381 g/mol. The molecule has 0 saturated carbocycles. The molecule has 1 aromatic carbocycles. The van der Waals surface area contributed by atoms with Gasteiger partial charge in [-0.2, -0.15) is 13.2 Å². The van der Waals surface area contributed by atoms with E-state index in [4.69, 9.17) is 0 Å². The van der Waals surface area contributed by atoms with Crippen molar-refractivity contribution in [2.75, 3.05) is 12.3 Å². The van der Waals surface area contributed by atoms with Gasteiger partial charge in [-0.1, -0.05) is 36.9 Å². The topological polar surface area (TPSA) is 84.0 Å². The number of thioether (sulfide) groups is 1. The zero-order valence-corrected chi connectivity index (χ0v) is 15.6. The van der Waals surface area contributed by atoms with Gasteiger partial charge in [-0.05, 0) is 19.4 Å². The van der Waals surface area contributed by atoms with E-state index in [0.29, 0.717) is 11.9 Å². The second-order valence-electron chi connectivity index (χ2n) is 5.74. The van der Waals surface area contributed by atoms with Crippen molar-refractivity contribution in [1.82, 2.24) is 20.6 Å². The van der Waals surface area contributed by atoms with Crippen LogP contribution in [-0.4, -0.2) is 40.1 Å². The van der Waals surface area contributed by atoms with E-state index in [1.807, 2.05) is 6.92 Å². The Hall–Kier alpha value is -2.36. The molecule has 0 saturated heterocycles. The molecule has 146 valence electrons. The van der Waals surface area contributed by atoms with Crippen molar-refractivity contribution in [2.24, 2.45) is 0 Å². The zero-order chi connectivity index (χ0) is 20.0. The van der Waals surface area contributed by atoms with Crippen molar-refractivity contribution < 1.29 is 22.8 Å². The molecule has 1 aromatic heterocycles. The Morgan fingerprint density at radius 3 is 2.59 bits per heavy atom. The molecule has 6 nitrogen and oxygen atoms in total. The highest BCUT2D eigenvalue weighted by molar-refractivity contribution is 8.00. The number of hydrogen-bond donors (Lipinski definition) is 2. The lowest BCUT2D eigenvalue weighted by Crippen LogP contribution is -2.45. The lowest BCUT2D eigenvalue weighted by atomic mass is 10.2. The number of benzene rings is 1. The molecule has 27 heavy (non-hydrogen) atoms. The van der Waals surface area contributed by atoms with Crippen LogP contribution in [0.3, 0.4) is 0 Å². The second kappa shape index (κ2) is 9.03. The number of carbonyl (C=O) groups is 2. The number of rotatable bonds is 7. The summed E-state index contributed by atoms with van der Waals surface area (Å²) in [5.74, 6) is -2.22. The smallest absolute Gasteiger partial charge is 0.354 e. The fraction of sp³-hybridized carbons (Fsp3) is 0.412. The summed E-state index contributed by atoms with van der Waals surface area (Å²) in [7, 11) is 0. The van der Waals surface area contributed by atoms with E-state index in [1.54, 1.807) is 18.2 Å². The molecule has 2 N–H and O–H groups in total. The average molecular weight is 400 g/mol. The first-order chi connectivity index (χ1) is 12.7. The molecule has 0 aliphatic rings. The number of nitrogens with one attached hydrogen (secondary N) is 2. The van der Waals surface area contributed by atoms with Crippen LogP contribution >= 0.6 is 11.8 Å². The largest absolute Gasteiger partial charge is 0.451 e. The van der Waals surface area contributed by atoms with Crippen LogP contribution in [0.2, 0.25) is 0 Å². The molecule has 0 spiro atoms. The first-order valence-electron chi connectivity index (χ1n) is 8.26. The zero-order valence-electron chi connectivity index (χ0n) is 14.8. The maximum Gasteiger partial charge on any atom is 0.451 e. The van der Waals surface area contributed by atoms with E-state index < -0.39 is 23.9 Å². The van der Waals surface area contributed by atoms with Gasteiger partial charge in [0.05, 0.1) is 11.3 Å². The SMILES string of the molecule is CCCNC(=O)[C@H](C)NC(=O)CSc1nc(C(F)(F)F)nc2ccccc12. The molecule has 2 amide bonds. The number of para-hydroxylation sites is 1. The maximum absolute atomic E-state index is 13.0. The Morgan fingerprint density at radius 2 is 1.93 bits per heavy atom. The lowest BCUT2D eigenvalue weighted by molar-refractivity contribution is -0.145. The number of carbonyl (C=O) groups excluding carboxylic acids is 2. The Balaban J connectivity index is 2.09. The molecule has 2 rings (SSSR count). The van der Waals surface area contributed by atoms with Gasteiger partial charge in [0, 0.05) is 11.9 Å². The molecule has 0 fully saturated rings. The third-order valence-electron chi connectivity index (χ3n) is 3.48. The molecule has 10 heteroatoms. The van der Waals surface area contributed by atoms with Crippen LogP contribution in [0.4, 0.5) is 13.2 Å². The van der Waals surface area contributed by atoms with Gasteiger partial charge in [0.15, 0.2) is 0 Å². The van der Waals surface area contributed by atoms with Crippen molar-refractivity contribution in [1.29, 1.82) is 0 Å². The van der Waals surface area contributed by atoms with Crippen molar-refractivity contribution in [3.05, 3.63) is 30.1 Å². The Kier molecular flexibility index (Phi) is 7.00. The van der Waals surface area contributed by atoms with Gasteiger partial charge in [-0.3, -0.25) is 9.59 Å². The van der Waals surface area contributed by atoms with Crippen LogP contribution < -0.4 is 10.6 Å². The average Bonchev–Trinajstić information content (AvgIpc) is 2.63. The second-order valence-corrected chi connectivity index (χ2v) is 6.70. The van der Waals surface area contributed by atoms with Gasteiger partial charge >= 0.3 is 6.18 Å². The molecule has 0 aliphatic heterocycles. The van der Waals surface area contributed by atoms with Crippen LogP contribution in [0, 0.1) is 0 Å². The highest BCUT2D eigenvalue weighted by Gasteiger charge is 2.35. The third-order valence-corrected chi connectivity index (χ3v) is 4.47. The minimum Gasteiger partial charge on any atom is -0.354 e. The van der Waals surface area contributed by atoms with Gasteiger partial charge in [-0.25, -0.2) is 9.97 Å². The number of alkyl halides is 3. The molecule has 0 aliphatic carbocycles. The standard InChI is InChI=1S/C17H19F3N4O2S/c1-3-8-21-14(26)10(2)22-13(25)9-27-15-11-6-4-5-7-12(11)23-16(24-15)17(18,19)20/h4-7,10H,3,8-9H2,1-2H3,(H,21,26)(H,22,25)/t10-/m0/s1. The fourth-order valence-corrected chi connectivity index (χ4v) is 3.00. The van der Waals surface area contributed by atoms with E-state index in [-0.39, 0.29) is 22.2 Å². The predicted octanol–water partition coefficient (Wildman–Crippen LogP) is 2.77. The number of hydrogen-bond acceptors (Lipinski definition) is 5. The maximum atomic E-state index is 13.0. The summed E-state index contributed by atoms with van der Waals surface area (Å²) in [6.07, 6.45) is -3.92. The van der Waals surface area contributed by atoms with E-state index in [9.17, 15) is 22.8 Å². The number of aromatic nitrogens is 2. The van der Waals surface area contributed by atoms with Crippen molar-refractivity contribution >= 4 is 34.5 Å². The number of halogens is 3. The van der Waals surface area contributed by atoms with Crippen LogP contribution in [-0.2, 0) is 15.8 Å². The molecular formula is C17H19F3N4O2S. The van der Waals surface area contributed by atoms with E-state index >= 15 is 0 Å². The summed E-state index contributed by atoms with van der Waals surface area (Å²) in [6, 6.07) is 5.54. The molecule has 0 unspecified atom stereocenters. The number of amides is 2. The number of fused-ring (bicyclic) bond motifs is 1. The monoisotopic (exact) mass is 400 g/mol. The quantitative estimate of drug-likeness (QED) is 0.552. The predicted molar refractivity (Wildman–Crippen MR) is 96.2 cm³/mol. The molecule has 1 atom stereocenters. The normalized spacial score (nSPS) is 12.6. The van der Waals surface area contributed by atoms with Crippen molar-refractivity contribution in [3.8, 4) is 0 Å². The van der Waals surface area contributed by atoms with Gasteiger partial charge in [0.25, 0.3) is 0 Å². The van der Waals surface area contributed by atoms with Crippen molar-refractivity contribution in [3.63, 3.8) is 0 Å². The van der Waals surface area contributed by atoms with Crippen LogP contribution in [0.25, 0.3) is 10.9 Å². The fourth-order valence-electron chi connectivity index (χ4n) is 2.17. The summed E-state index contributed by atoms with van der Waals surface area (Å²) in [5.41, 5.74) is 0.148. The summed E-state index contributed by atoms with van der Waals surface area (Å²) in [5, 5.41) is 5.66. The van der Waals surface area contributed by atoms with Crippen LogP contribution in [0.5, 0.6) is 0 Å². The molecule has 0 radical (unpaired) electrons. The van der Waals surface area contributed by atoms with E-state index in [0.717, 1.165) is 18.2 Å². The lowest BCUT2D eigenvalue weighted by Gasteiger charge is -2.14. The first kappa shape index (κ1) is 20.9. The summed E-state index contributed by atoms with van der Waals surface area (Å²) in [6.45, 7) is 3.94. The van der Waals surface area contributed by atoms with Gasteiger partial charge in [0.2, 0.25) is 17.6 Å². The number of nitrogens with zero attached hydrogens (tertiary/aromatic N) is 2. The molecule has 0 bridgehead atoms. The van der Waals surface area contributed by atoms with E-state index in [2.05, 4.69) is 20.6 Å². The van der Waals surface area contributed by atoms with E-state index in [1.165, 1.54) is 13.0 Å². The Bertz CT molecular complexity index is 829. The Morgan fingerprint density at radius 1 is 1.22 bits per heavy atom. The summed E-state index contributed by atoms with van der Waals surface area (Å²) < 4.78 is 39.0. The minimum absolute atomic E-state index is 0.0613. The minimum atomic E-state index is -4.69. The molecule has 1 heterocycles. The summed E-state index contributed by atoms with van der Waals surface area (Å²) in [4.78, 5) is 30.9. The Labute approximate surface area is 158 Å². The van der Waals surface area contributed by atoms with Crippen LogP contribution in [0.1, 0.15) is 26.1 Å². The van der Waals surface area contributed by atoms with Gasteiger partial charge < -0.3 is 10.6 Å². The third kappa shape index (κ3) is 5.81. The van der Waals surface area contributed by atoms with Crippen LogP contribution in [0.15, 0.2) is 29.3 Å². The highest BCUT2D eigenvalue weighted by atomic mass is 32.2. The highest BCUT2D eigenvalue weighted by Crippen LogP contribution is 2.31. The molecule has 2 aromatic rings. The van der Waals surface area contributed by atoms with Crippen molar-refractivity contribution in [2.45, 2.75) is 37.5 Å². The van der Waals surface area contributed by atoms with Gasteiger partial charge in [0.1, 0.15) is 11.1 Å². The van der Waals surface area contributed by atoms with Gasteiger partial charge in [-0.15, -0.1) is 0 Å².